The van der Waals surface area contributed by atoms with Crippen LogP contribution in [0.3, 0.4) is 0 Å². The molecule has 1 saturated heterocycles. The van der Waals surface area contributed by atoms with Gasteiger partial charge in [0, 0.05) is 19.3 Å². The molecule has 1 aliphatic rings. The van der Waals surface area contributed by atoms with Gasteiger partial charge < -0.3 is 14.7 Å². The third-order valence-electron chi connectivity index (χ3n) is 4.32. The van der Waals surface area contributed by atoms with E-state index in [-0.39, 0.29) is 5.92 Å². The minimum atomic E-state index is -0.801. The van der Waals surface area contributed by atoms with Gasteiger partial charge in [-0.3, -0.25) is 4.79 Å². The Bertz CT molecular complexity index is 558. The SMILES string of the molecule is COC(=O)c1cccnc1N1CCC(C(=O)O)(C(C)C)C1. The topological polar surface area (TPSA) is 79.7 Å². The van der Waals surface area contributed by atoms with Crippen molar-refractivity contribution < 1.29 is 19.4 Å². The lowest BCUT2D eigenvalue weighted by Gasteiger charge is -2.29. The number of methoxy groups -OCH3 is 1. The van der Waals surface area contributed by atoms with E-state index in [0.29, 0.717) is 30.9 Å². The molecule has 0 bridgehead atoms. The smallest absolute Gasteiger partial charge is 0.341 e. The molecule has 0 saturated carbocycles. The van der Waals surface area contributed by atoms with E-state index in [0.717, 1.165) is 0 Å². The van der Waals surface area contributed by atoms with E-state index < -0.39 is 17.4 Å². The van der Waals surface area contributed by atoms with Gasteiger partial charge in [0.1, 0.15) is 11.4 Å². The summed E-state index contributed by atoms with van der Waals surface area (Å²) in [6.45, 7) is 4.74. The average molecular weight is 292 g/mol. The molecule has 2 heterocycles. The van der Waals surface area contributed by atoms with Gasteiger partial charge in [0.05, 0.1) is 12.5 Å². The number of carbonyl (C=O) groups excluding carboxylic acids is 1. The fraction of sp³-hybridized carbons (Fsp3) is 0.533. The Kier molecular flexibility index (Phi) is 4.16. The highest BCUT2D eigenvalue weighted by Crippen LogP contribution is 2.40. The second kappa shape index (κ2) is 5.71. The Morgan fingerprint density at radius 1 is 1.48 bits per heavy atom. The van der Waals surface area contributed by atoms with Gasteiger partial charge in [-0.25, -0.2) is 9.78 Å². The highest BCUT2D eigenvalue weighted by atomic mass is 16.5. The van der Waals surface area contributed by atoms with Crippen molar-refractivity contribution >= 4 is 17.8 Å². The van der Waals surface area contributed by atoms with Crippen molar-refractivity contribution in [2.45, 2.75) is 20.3 Å². The van der Waals surface area contributed by atoms with E-state index in [2.05, 4.69) is 4.98 Å². The number of ether oxygens (including phenoxy) is 1. The predicted octanol–water partition coefficient (Wildman–Crippen LogP) is 1.81. The molecule has 1 N–H and O–H groups in total. The highest BCUT2D eigenvalue weighted by molar-refractivity contribution is 5.95. The summed E-state index contributed by atoms with van der Waals surface area (Å²) in [5.41, 5.74) is -0.435. The quantitative estimate of drug-likeness (QED) is 0.852. The number of hydrogen-bond acceptors (Lipinski definition) is 5. The first-order valence-electron chi connectivity index (χ1n) is 6.94. The monoisotopic (exact) mass is 292 g/mol. The number of esters is 1. The van der Waals surface area contributed by atoms with Gasteiger partial charge in [0.25, 0.3) is 0 Å². The summed E-state index contributed by atoms with van der Waals surface area (Å²) in [5.74, 6) is -0.760. The van der Waals surface area contributed by atoms with Crippen LogP contribution in [-0.4, -0.2) is 42.2 Å². The number of aromatic nitrogens is 1. The average Bonchev–Trinajstić information content (AvgIpc) is 2.93. The van der Waals surface area contributed by atoms with E-state index in [1.807, 2.05) is 18.7 Å². The van der Waals surface area contributed by atoms with Crippen LogP contribution in [0.5, 0.6) is 0 Å². The standard InChI is InChI=1S/C15H20N2O4/c1-10(2)15(14(19)20)6-8-17(9-15)12-11(13(18)21-3)5-4-7-16-12/h4-5,7,10H,6,8-9H2,1-3H3,(H,19,20). The molecular weight excluding hydrogens is 272 g/mol. The molecule has 114 valence electrons. The van der Waals surface area contributed by atoms with Crippen LogP contribution in [0.25, 0.3) is 0 Å². The molecular formula is C15H20N2O4. The Balaban J connectivity index is 2.34. The largest absolute Gasteiger partial charge is 0.481 e. The van der Waals surface area contributed by atoms with Crippen molar-refractivity contribution in [2.24, 2.45) is 11.3 Å². The van der Waals surface area contributed by atoms with E-state index in [1.165, 1.54) is 7.11 Å². The summed E-state index contributed by atoms with van der Waals surface area (Å²) < 4.78 is 4.76. The van der Waals surface area contributed by atoms with E-state index >= 15 is 0 Å². The third-order valence-corrected chi connectivity index (χ3v) is 4.32. The number of carbonyl (C=O) groups is 2. The third kappa shape index (κ3) is 2.57. The molecule has 1 fully saturated rings. The number of nitrogens with zero attached hydrogens (tertiary/aromatic N) is 2. The lowest BCUT2D eigenvalue weighted by Crippen LogP contribution is -2.39. The second-order valence-corrected chi connectivity index (χ2v) is 5.65. The maximum Gasteiger partial charge on any atom is 0.341 e. The molecule has 0 aliphatic carbocycles. The molecule has 1 aromatic heterocycles. The summed E-state index contributed by atoms with van der Waals surface area (Å²) in [7, 11) is 1.32. The zero-order chi connectivity index (χ0) is 15.6. The summed E-state index contributed by atoms with van der Waals surface area (Å²) >= 11 is 0. The Hall–Kier alpha value is -2.11. The van der Waals surface area contributed by atoms with E-state index in [1.54, 1.807) is 18.3 Å². The summed E-state index contributed by atoms with van der Waals surface area (Å²) in [6.07, 6.45) is 2.13. The second-order valence-electron chi connectivity index (χ2n) is 5.65. The summed E-state index contributed by atoms with van der Waals surface area (Å²) in [5, 5.41) is 9.58. The van der Waals surface area contributed by atoms with Gasteiger partial charge in [-0.1, -0.05) is 13.8 Å². The Morgan fingerprint density at radius 2 is 2.19 bits per heavy atom. The molecule has 21 heavy (non-hydrogen) atoms. The van der Waals surface area contributed by atoms with Gasteiger partial charge in [-0.2, -0.15) is 0 Å². The molecule has 1 unspecified atom stereocenters. The Morgan fingerprint density at radius 3 is 2.71 bits per heavy atom. The van der Waals surface area contributed by atoms with Gasteiger partial charge in [0.15, 0.2) is 0 Å². The van der Waals surface area contributed by atoms with Gasteiger partial charge in [-0.05, 0) is 24.5 Å². The molecule has 1 aromatic rings. The molecule has 1 aliphatic heterocycles. The van der Waals surface area contributed by atoms with Crippen LogP contribution < -0.4 is 4.90 Å². The molecule has 2 rings (SSSR count). The number of anilines is 1. The van der Waals surface area contributed by atoms with Crippen molar-refractivity contribution in [2.75, 3.05) is 25.1 Å². The fourth-order valence-electron chi connectivity index (χ4n) is 2.82. The molecule has 6 heteroatoms. The van der Waals surface area contributed by atoms with E-state index in [9.17, 15) is 14.7 Å². The fourth-order valence-corrected chi connectivity index (χ4v) is 2.82. The number of carboxylic acids is 1. The van der Waals surface area contributed by atoms with Crippen LogP contribution in [-0.2, 0) is 9.53 Å². The highest BCUT2D eigenvalue weighted by Gasteiger charge is 2.48. The van der Waals surface area contributed by atoms with Crippen LogP contribution in [0.4, 0.5) is 5.82 Å². The zero-order valence-electron chi connectivity index (χ0n) is 12.5. The summed E-state index contributed by atoms with van der Waals surface area (Å²) in [4.78, 5) is 29.6. The van der Waals surface area contributed by atoms with Crippen molar-refractivity contribution in [1.82, 2.24) is 4.98 Å². The minimum absolute atomic E-state index is 0.00490. The number of rotatable bonds is 4. The van der Waals surface area contributed by atoms with Crippen LogP contribution in [0, 0.1) is 11.3 Å². The normalized spacial score (nSPS) is 21.6. The number of carboxylic acid groups (broad SMARTS) is 1. The number of hydrogen-bond donors (Lipinski definition) is 1. The van der Waals surface area contributed by atoms with Gasteiger partial charge in [-0.15, -0.1) is 0 Å². The number of pyridine rings is 1. The molecule has 0 aromatic carbocycles. The van der Waals surface area contributed by atoms with Gasteiger partial charge in [0.2, 0.25) is 0 Å². The maximum absolute atomic E-state index is 11.8. The molecule has 0 radical (unpaired) electrons. The molecule has 0 amide bonds. The first kappa shape index (κ1) is 15.3. The van der Waals surface area contributed by atoms with Crippen molar-refractivity contribution in [3.8, 4) is 0 Å². The zero-order valence-corrected chi connectivity index (χ0v) is 12.5. The number of aliphatic carboxylic acids is 1. The lowest BCUT2D eigenvalue weighted by molar-refractivity contribution is -0.150. The Labute approximate surface area is 123 Å². The minimum Gasteiger partial charge on any atom is -0.481 e. The first-order chi connectivity index (χ1) is 9.92. The van der Waals surface area contributed by atoms with Crippen molar-refractivity contribution in [3.05, 3.63) is 23.9 Å². The van der Waals surface area contributed by atoms with Crippen LogP contribution in [0.15, 0.2) is 18.3 Å². The van der Waals surface area contributed by atoms with Gasteiger partial charge >= 0.3 is 11.9 Å². The van der Waals surface area contributed by atoms with Crippen LogP contribution in [0.2, 0.25) is 0 Å². The maximum atomic E-state index is 11.8. The lowest BCUT2D eigenvalue weighted by atomic mass is 9.76. The van der Waals surface area contributed by atoms with Crippen LogP contribution in [0.1, 0.15) is 30.6 Å². The van der Waals surface area contributed by atoms with E-state index in [4.69, 9.17) is 4.74 Å². The molecule has 6 nitrogen and oxygen atoms in total. The first-order valence-corrected chi connectivity index (χ1v) is 6.94. The predicted molar refractivity (Wildman–Crippen MR) is 77.3 cm³/mol. The molecule has 1 atom stereocenters. The van der Waals surface area contributed by atoms with Crippen molar-refractivity contribution in [3.63, 3.8) is 0 Å². The van der Waals surface area contributed by atoms with Crippen LogP contribution >= 0.6 is 0 Å². The van der Waals surface area contributed by atoms with Crippen molar-refractivity contribution in [1.29, 1.82) is 0 Å². The molecule has 0 spiro atoms. The summed E-state index contributed by atoms with van der Waals surface area (Å²) in [6, 6.07) is 3.31.